The van der Waals surface area contributed by atoms with Crippen molar-refractivity contribution in [2.24, 2.45) is 0 Å². The van der Waals surface area contributed by atoms with Crippen LogP contribution in [0, 0.1) is 0 Å². The first-order valence-corrected chi connectivity index (χ1v) is 13.0. The van der Waals surface area contributed by atoms with Gasteiger partial charge in [-0.05, 0) is 6.42 Å². The van der Waals surface area contributed by atoms with Gasteiger partial charge in [-0.2, -0.15) is 0 Å². The summed E-state index contributed by atoms with van der Waals surface area (Å²) in [6.07, 6.45) is 26.8. The molecule has 4 nitrogen and oxygen atoms in total. The van der Waals surface area contributed by atoms with Crippen molar-refractivity contribution in [2.45, 2.75) is 148 Å². The van der Waals surface area contributed by atoms with Crippen molar-refractivity contribution in [3.05, 3.63) is 0 Å². The quantitative estimate of drug-likeness (QED) is 0.0917. The van der Waals surface area contributed by atoms with Crippen LogP contribution >= 0.6 is 0 Å². The van der Waals surface area contributed by atoms with Gasteiger partial charge in [0.05, 0.1) is 19.4 Å². The van der Waals surface area contributed by atoms with Gasteiger partial charge in [-0.1, -0.05) is 129 Å². The SMILES string of the molecule is CCCCCCCCCCCCCCCCCCCCCCOC(=O)CCC(=O)O.[CaH2]. The average molecular weight is 469 g/mol. The van der Waals surface area contributed by atoms with Crippen molar-refractivity contribution in [3.8, 4) is 0 Å². The molecule has 0 fully saturated rings. The molecule has 0 aromatic carbocycles. The summed E-state index contributed by atoms with van der Waals surface area (Å²) in [5, 5.41) is 8.50. The van der Waals surface area contributed by atoms with Gasteiger partial charge in [0.1, 0.15) is 0 Å². The molecule has 0 spiro atoms. The van der Waals surface area contributed by atoms with E-state index in [2.05, 4.69) is 6.92 Å². The zero-order chi connectivity index (χ0) is 22.1. The van der Waals surface area contributed by atoms with Crippen molar-refractivity contribution in [3.63, 3.8) is 0 Å². The molecule has 0 heterocycles. The normalized spacial score (nSPS) is 10.6. The number of unbranched alkanes of at least 4 members (excludes halogenated alkanes) is 19. The minimum absolute atomic E-state index is 0. The molecule has 0 aliphatic carbocycles. The van der Waals surface area contributed by atoms with Crippen LogP contribution in [0.3, 0.4) is 0 Å². The molecule has 0 aromatic heterocycles. The first-order valence-electron chi connectivity index (χ1n) is 13.0. The van der Waals surface area contributed by atoms with Gasteiger partial charge in [0.2, 0.25) is 0 Å². The van der Waals surface area contributed by atoms with E-state index in [4.69, 9.17) is 9.84 Å². The molecule has 0 aliphatic heterocycles. The Bertz CT molecular complexity index is 388. The molecule has 182 valence electrons. The maximum absolute atomic E-state index is 11.3. The Morgan fingerprint density at radius 1 is 0.548 bits per heavy atom. The van der Waals surface area contributed by atoms with Crippen molar-refractivity contribution >= 4 is 49.7 Å². The van der Waals surface area contributed by atoms with Crippen LogP contribution in [0.5, 0.6) is 0 Å². The Hall–Kier alpha value is 0.200. The van der Waals surface area contributed by atoms with Crippen LogP contribution < -0.4 is 0 Å². The van der Waals surface area contributed by atoms with Crippen LogP contribution in [0.25, 0.3) is 0 Å². The fourth-order valence-corrected chi connectivity index (χ4v) is 3.82. The molecule has 0 saturated heterocycles. The fraction of sp³-hybridized carbons (Fsp3) is 0.923. The zero-order valence-corrected chi connectivity index (χ0v) is 19.9. The van der Waals surface area contributed by atoms with E-state index in [-0.39, 0.29) is 50.6 Å². The standard InChI is InChI=1S/C26H50O4.Ca.2H/c1-2-3-4-5-6-7-8-9-10-11-12-13-14-15-16-17-18-19-20-21-24-30-26(29)23-22-25(27)28;;;/h2-24H2,1H3,(H,27,28);;;. The average Bonchev–Trinajstić information content (AvgIpc) is 2.73. The van der Waals surface area contributed by atoms with Crippen molar-refractivity contribution in [1.29, 1.82) is 0 Å². The number of carboxylic acid groups (broad SMARTS) is 1. The summed E-state index contributed by atoms with van der Waals surface area (Å²) in [6, 6.07) is 0. The van der Waals surface area contributed by atoms with Crippen LogP contribution in [0.2, 0.25) is 0 Å². The Morgan fingerprint density at radius 2 is 0.871 bits per heavy atom. The molecule has 0 rings (SSSR count). The zero-order valence-electron chi connectivity index (χ0n) is 19.9. The molecular formula is C26H52CaO4. The van der Waals surface area contributed by atoms with Crippen LogP contribution in [0.1, 0.15) is 148 Å². The van der Waals surface area contributed by atoms with E-state index in [1.807, 2.05) is 0 Å². The van der Waals surface area contributed by atoms with Gasteiger partial charge >= 0.3 is 49.7 Å². The number of carboxylic acids is 1. The number of hydrogen-bond acceptors (Lipinski definition) is 3. The molecule has 0 radical (unpaired) electrons. The van der Waals surface area contributed by atoms with E-state index in [0.29, 0.717) is 6.61 Å². The van der Waals surface area contributed by atoms with Gasteiger partial charge in [0.15, 0.2) is 0 Å². The van der Waals surface area contributed by atoms with Gasteiger partial charge in [-0.3, -0.25) is 9.59 Å². The molecule has 0 unspecified atom stereocenters. The fourth-order valence-electron chi connectivity index (χ4n) is 3.82. The third-order valence-corrected chi connectivity index (χ3v) is 5.80. The summed E-state index contributed by atoms with van der Waals surface area (Å²) in [7, 11) is 0. The Labute approximate surface area is 222 Å². The molecule has 0 bridgehead atoms. The Kier molecular flexibility index (Phi) is 30.4. The number of esters is 1. The minimum atomic E-state index is -0.953. The maximum atomic E-state index is 11.3. The van der Waals surface area contributed by atoms with Gasteiger partial charge in [-0.15, -0.1) is 0 Å². The third kappa shape index (κ3) is 30.2. The number of hydrogen-bond donors (Lipinski definition) is 1. The predicted octanol–water partition coefficient (Wildman–Crippen LogP) is 7.30. The molecule has 0 atom stereocenters. The van der Waals surface area contributed by atoms with Gasteiger partial charge in [0, 0.05) is 0 Å². The summed E-state index contributed by atoms with van der Waals surface area (Å²) in [6.45, 7) is 2.71. The first-order chi connectivity index (χ1) is 14.7. The van der Waals surface area contributed by atoms with Gasteiger partial charge in [0.25, 0.3) is 0 Å². The Balaban J connectivity index is 0. The topological polar surface area (TPSA) is 63.6 Å². The molecule has 1 N–H and O–H groups in total. The van der Waals surface area contributed by atoms with Crippen LogP contribution in [-0.2, 0) is 14.3 Å². The predicted molar refractivity (Wildman–Crippen MR) is 134 cm³/mol. The summed E-state index contributed by atoms with van der Waals surface area (Å²) >= 11 is 0. The number of rotatable bonds is 24. The number of aliphatic carboxylic acids is 1. The Morgan fingerprint density at radius 3 is 1.19 bits per heavy atom. The van der Waals surface area contributed by atoms with E-state index in [1.165, 1.54) is 116 Å². The van der Waals surface area contributed by atoms with Crippen molar-refractivity contribution in [2.75, 3.05) is 6.61 Å². The van der Waals surface area contributed by atoms with Crippen LogP contribution in [-0.4, -0.2) is 61.4 Å². The molecule has 0 aliphatic rings. The van der Waals surface area contributed by atoms with Gasteiger partial charge in [-0.25, -0.2) is 0 Å². The second-order valence-electron chi connectivity index (χ2n) is 8.83. The first kappa shape index (κ1) is 33.4. The number of carbonyl (C=O) groups excluding carboxylic acids is 1. The number of carbonyl (C=O) groups is 2. The molecule has 5 heteroatoms. The van der Waals surface area contributed by atoms with Crippen LogP contribution in [0.15, 0.2) is 0 Å². The molecular weight excluding hydrogens is 416 g/mol. The summed E-state index contributed by atoms with van der Waals surface area (Å²) in [4.78, 5) is 21.6. The third-order valence-electron chi connectivity index (χ3n) is 5.80. The monoisotopic (exact) mass is 468 g/mol. The second-order valence-corrected chi connectivity index (χ2v) is 8.83. The second kappa shape index (κ2) is 28.2. The molecule has 31 heavy (non-hydrogen) atoms. The van der Waals surface area contributed by atoms with E-state index in [0.717, 1.165) is 12.8 Å². The van der Waals surface area contributed by atoms with E-state index < -0.39 is 11.9 Å². The van der Waals surface area contributed by atoms with Crippen molar-refractivity contribution < 1.29 is 19.4 Å². The van der Waals surface area contributed by atoms with Crippen LogP contribution in [0.4, 0.5) is 0 Å². The van der Waals surface area contributed by atoms with E-state index in [1.54, 1.807) is 0 Å². The summed E-state index contributed by atoms with van der Waals surface area (Å²) in [5.41, 5.74) is 0. The molecule has 0 amide bonds. The molecule has 0 aromatic rings. The van der Waals surface area contributed by atoms with E-state index >= 15 is 0 Å². The molecule has 0 saturated carbocycles. The summed E-state index contributed by atoms with van der Waals surface area (Å²) < 4.78 is 5.03. The van der Waals surface area contributed by atoms with E-state index in [9.17, 15) is 9.59 Å². The number of ether oxygens (including phenoxy) is 1. The van der Waals surface area contributed by atoms with Gasteiger partial charge < -0.3 is 9.84 Å². The summed E-state index contributed by atoms with van der Waals surface area (Å²) in [5.74, 6) is -1.35. The van der Waals surface area contributed by atoms with Crippen molar-refractivity contribution in [1.82, 2.24) is 0 Å².